The largest absolute Gasteiger partial charge is 0.481 e. The Labute approximate surface area is 116 Å². The van der Waals surface area contributed by atoms with Crippen LogP contribution in [0.25, 0.3) is 0 Å². The molecule has 106 valence electrons. The van der Waals surface area contributed by atoms with Gasteiger partial charge in [0.2, 0.25) is 0 Å². The van der Waals surface area contributed by atoms with Crippen LogP contribution < -0.4 is 4.90 Å². The minimum Gasteiger partial charge on any atom is -0.481 e. The van der Waals surface area contributed by atoms with E-state index in [0.717, 1.165) is 18.7 Å². The Morgan fingerprint density at radius 1 is 1.16 bits per heavy atom. The first-order chi connectivity index (χ1) is 8.88. The zero-order chi connectivity index (χ0) is 14.4. The van der Waals surface area contributed by atoms with Crippen molar-refractivity contribution in [3.8, 4) is 0 Å². The van der Waals surface area contributed by atoms with Crippen LogP contribution in [0.5, 0.6) is 0 Å². The second kappa shape index (κ2) is 7.17. The molecule has 0 fully saturated rings. The summed E-state index contributed by atoms with van der Waals surface area (Å²) in [5, 5.41) is 8.87. The highest BCUT2D eigenvalue weighted by Gasteiger charge is 2.10. The fraction of sp³-hybridized carbons (Fsp3) is 0.562. The van der Waals surface area contributed by atoms with Crippen molar-refractivity contribution in [3.63, 3.8) is 0 Å². The zero-order valence-corrected chi connectivity index (χ0v) is 12.4. The minimum absolute atomic E-state index is 0.186. The molecule has 1 aromatic rings. The SMILES string of the molecule is Cc1cc(C)cc(N(CCC(=O)O)CCC(C)C)c1. The van der Waals surface area contributed by atoms with Gasteiger partial charge in [0, 0.05) is 18.8 Å². The topological polar surface area (TPSA) is 40.5 Å². The second-order valence-electron chi connectivity index (χ2n) is 5.66. The van der Waals surface area contributed by atoms with Crippen LogP contribution in [0.15, 0.2) is 18.2 Å². The Kier molecular flexibility index (Phi) is 5.87. The number of nitrogens with zero attached hydrogens (tertiary/aromatic N) is 1. The van der Waals surface area contributed by atoms with Crippen molar-refractivity contribution in [1.29, 1.82) is 0 Å². The van der Waals surface area contributed by atoms with Crippen molar-refractivity contribution >= 4 is 11.7 Å². The number of aliphatic carboxylic acids is 1. The fourth-order valence-electron chi connectivity index (χ4n) is 2.15. The third-order valence-electron chi connectivity index (χ3n) is 3.14. The molecule has 0 saturated carbocycles. The van der Waals surface area contributed by atoms with E-state index in [4.69, 9.17) is 5.11 Å². The number of hydrogen-bond acceptors (Lipinski definition) is 2. The van der Waals surface area contributed by atoms with E-state index in [2.05, 4.69) is 50.8 Å². The Morgan fingerprint density at radius 2 is 1.74 bits per heavy atom. The van der Waals surface area contributed by atoms with Gasteiger partial charge in [0.05, 0.1) is 6.42 Å². The lowest BCUT2D eigenvalue weighted by molar-refractivity contribution is -0.136. The molecular formula is C16H25NO2. The van der Waals surface area contributed by atoms with E-state index in [1.807, 2.05) is 0 Å². The molecule has 0 radical (unpaired) electrons. The standard InChI is InChI=1S/C16H25NO2/c1-12(2)5-7-17(8-6-16(18)19)15-10-13(3)9-14(4)11-15/h9-12H,5-8H2,1-4H3,(H,18,19). The first-order valence-corrected chi connectivity index (χ1v) is 6.93. The van der Waals surface area contributed by atoms with E-state index in [9.17, 15) is 4.79 Å². The Hall–Kier alpha value is -1.51. The predicted molar refractivity (Wildman–Crippen MR) is 79.8 cm³/mol. The molecule has 1 N–H and O–H groups in total. The summed E-state index contributed by atoms with van der Waals surface area (Å²) in [6, 6.07) is 6.41. The third-order valence-corrected chi connectivity index (χ3v) is 3.14. The van der Waals surface area contributed by atoms with E-state index < -0.39 is 5.97 Å². The van der Waals surface area contributed by atoms with Crippen molar-refractivity contribution in [2.24, 2.45) is 5.92 Å². The van der Waals surface area contributed by atoms with Gasteiger partial charge in [-0.2, -0.15) is 0 Å². The monoisotopic (exact) mass is 263 g/mol. The zero-order valence-electron chi connectivity index (χ0n) is 12.4. The molecule has 3 nitrogen and oxygen atoms in total. The summed E-state index contributed by atoms with van der Waals surface area (Å²) in [7, 11) is 0. The molecule has 0 aliphatic rings. The van der Waals surface area contributed by atoms with Crippen molar-refractivity contribution in [2.45, 2.75) is 40.5 Å². The lowest BCUT2D eigenvalue weighted by atomic mass is 10.1. The summed E-state index contributed by atoms with van der Waals surface area (Å²) in [4.78, 5) is 13.0. The fourth-order valence-corrected chi connectivity index (χ4v) is 2.15. The molecule has 0 aromatic heterocycles. The van der Waals surface area contributed by atoms with Gasteiger partial charge in [-0.15, -0.1) is 0 Å². The third kappa shape index (κ3) is 5.77. The number of anilines is 1. The number of carboxylic acids is 1. The molecule has 1 aromatic carbocycles. The lowest BCUT2D eigenvalue weighted by Crippen LogP contribution is -2.28. The van der Waals surface area contributed by atoms with Crippen LogP contribution in [0.4, 0.5) is 5.69 Å². The average Bonchev–Trinajstić information content (AvgIpc) is 2.26. The van der Waals surface area contributed by atoms with E-state index >= 15 is 0 Å². The lowest BCUT2D eigenvalue weighted by Gasteiger charge is -2.26. The van der Waals surface area contributed by atoms with Gasteiger partial charge in [-0.25, -0.2) is 0 Å². The number of carboxylic acid groups (broad SMARTS) is 1. The van der Waals surface area contributed by atoms with Gasteiger partial charge < -0.3 is 10.0 Å². The summed E-state index contributed by atoms with van der Waals surface area (Å²) < 4.78 is 0. The van der Waals surface area contributed by atoms with Gasteiger partial charge in [0.15, 0.2) is 0 Å². The van der Waals surface area contributed by atoms with Crippen LogP contribution in [0.1, 0.15) is 37.8 Å². The summed E-state index contributed by atoms with van der Waals surface area (Å²) in [6.45, 7) is 10.0. The molecule has 0 amide bonds. The molecule has 3 heteroatoms. The van der Waals surface area contributed by atoms with Crippen molar-refractivity contribution in [3.05, 3.63) is 29.3 Å². The van der Waals surface area contributed by atoms with Gasteiger partial charge in [0.25, 0.3) is 0 Å². The molecule has 0 heterocycles. The van der Waals surface area contributed by atoms with E-state index in [1.165, 1.54) is 11.1 Å². The van der Waals surface area contributed by atoms with Crippen molar-refractivity contribution in [2.75, 3.05) is 18.0 Å². The first-order valence-electron chi connectivity index (χ1n) is 6.93. The van der Waals surface area contributed by atoms with Crippen molar-refractivity contribution < 1.29 is 9.90 Å². The van der Waals surface area contributed by atoms with Crippen LogP contribution in [0.2, 0.25) is 0 Å². The number of carbonyl (C=O) groups is 1. The molecular weight excluding hydrogens is 238 g/mol. The Bertz CT molecular complexity index is 407. The van der Waals surface area contributed by atoms with Crippen LogP contribution in [0, 0.1) is 19.8 Å². The highest BCUT2D eigenvalue weighted by molar-refractivity contribution is 5.67. The highest BCUT2D eigenvalue weighted by atomic mass is 16.4. The molecule has 0 saturated heterocycles. The summed E-state index contributed by atoms with van der Waals surface area (Å²) >= 11 is 0. The van der Waals surface area contributed by atoms with E-state index in [0.29, 0.717) is 12.5 Å². The number of hydrogen-bond donors (Lipinski definition) is 1. The smallest absolute Gasteiger partial charge is 0.305 e. The normalized spacial score (nSPS) is 10.8. The van der Waals surface area contributed by atoms with Gasteiger partial charge in [0.1, 0.15) is 0 Å². The molecule has 0 atom stereocenters. The maximum Gasteiger partial charge on any atom is 0.305 e. The molecule has 0 aliphatic carbocycles. The summed E-state index contributed by atoms with van der Waals surface area (Å²) in [6.07, 6.45) is 1.26. The van der Waals surface area contributed by atoms with Gasteiger partial charge in [-0.05, 0) is 49.4 Å². The Balaban J connectivity index is 2.83. The van der Waals surface area contributed by atoms with Gasteiger partial charge in [-0.1, -0.05) is 19.9 Å². The minimum atomic E-state index is -0.737. The van der Waals surface area contributed by atoms with Crippen LogP contribution in [0.3, 0.4) is 0 Å². The molecule has 19 heavy (non-hydrogen) atoms. The van der Waals surface area contributed by atoms with Gasteiger partial charge in [-0.3, -0.25) is 4.79 Å². The van der Waals surface area contributed by atoms with Crippen molar-refractivity contribution in [1.82, 2.24) is 0 Å². The summed E-state index contributed by atoms with van der Waals surface area (Å²) in [5.41, 5.74) is 3.58. The number of rotatable bonds is 7. The Morgan fingerprint density at radius 3 is 2.21 bits per heavy atom. The molecule has 0 spiro atoms. The van der Waals surface area contributed by atoms with E-state index in [-0.39, 0.29) is 6.42 Å². The molecule has 0 aliphatic heterocycles. The van der Waals surface area contributed by atoms with Crippen LogP contribution in [-0.4, -0.2) is 24.2 Å². The predicted octanol–water partition coefficient (Wildman–Crippen LogP) is 3.63. The summed E-state index contributed by atoms with van der Waals surface area (Å²) in [5.74, 6) is -0.114. The number of aryl methyl sites for hydroxylation is 2. The van der Waals surface area contributed by atoms with E-state index in [1.54, 1.807) is 0 Å². The molecule has 1 rings (SSSR count). The quantitative estimate of drug-likeness (QED) is 0.816. The molecule has 0 unspecified atom stereocenters. The first kappa shape index (κ1) is 15.5. The maximum atomic E-state index is 10.8. The highest BCUT2D eigenvalue weighted by Crippen LogP contribution is 2.20. The number of benzene rings is 1. The van der Waals surface area contributed by atoms with Crippen LogP contribution >= 0.6 is 0 Å². The van der Waals surface area contributed by atoms with Crippen LogP contribution in [-0.2, 0) is 4.79 Å². The second-order valence-corrected chi connectivity index (χ2v) is 5.66. The maximum absolute atomic E-state index is 10.8. The average molecular weight is 263 g/mol. The molecule has 0 bridgehead atoms. The van der Waals surface area contributed by atoms with Gasteiger partial charge >= 0.3 is 5.97 Å².